The van der Waals surface area contributed by atoms with Crippen LogP contribution in [0.4, 0.5) is 0 Å². The maximum Gasteiger partial charge on any atom is 0.275 e. The van der Waals surface area contributed by atoms with Crippen LogP contribution in [0.5, 0.6) is 0 Å². The number of fused-ring (bicyclic) bond motifs is 1. The van der Waals surface area contributed by atoms with E-state index in [-0.39, 0.29) is 11.8 Å². The van der Waals surface area contributed by atoms with Crippen molar-refractivity contribution < 1.29 is 14.3 Å². The van der Waals surface area contributed by atoms with E-state index in [0.29, 0.717) is 43.6 Å². The van der Waals surface area contributed by atoms with Crippen LogP contribution in [-0.2, 0) is 4.74 Å². The highest BCUT2D eigenvalue weighted by Gasteiger charge is 2.24. The Morgan fingerprint density at radius 3 is 2.68 bits per heavy atom. The van der Waals surface area contributed by atoms with Crippen molar-refractivity contribution in [2.45, 2.75) is 25.8 Å². The number of amides is 2. The van der Waals surface area contributed by atoms with Gasteiger partial charge in [-0.2, -0.15) is 5.10 Å². The first-order valence-electron chi connectivity index (χ1n) is 10.6. The Bertz CT molecular complexity index is 1170. The van der Waals surface area contributed by atoms with E-state index < -0.39 is 0 Å². The van der Waals surface area contributed by atoms with Gasteiger partial charge in [0.15, 0.2) is 5.69 Å². The number of aromatic nitrogens is 2. The number of nitrogens with zero attached hydrogens (tertiary/aromatic N) is 3. The fourth-order valence-corrected chi connectivity index (χ4v) is 3.90. The van der Waals surface area contributed by atoms with Crippen molar-refractivity contribution in [3.05, 3.63) is 59.4 Å². The molecule has 2 fully saturated rings. The maximum absolute atomic E-state index is 13.0. The minimum atomic E-state index is -0.121. The zero-order chi connectivity index (χ0) is 21.4. The van der Waals surface area contributed by atoms with Gasteiger partial charge < -0.3 is 15.0 Å². The largest absolute Gasteiger partial charge is 0.378 e. The summed E-state index contributed by atoms with van der Waals surface area (Å²) in [6.45, 7) is 4.23. The number of rotatable bonds is 4. The molecule has 1 N–H and O–H groups in total. The molecule has 5 rings (SSSR count). The van der Waals surface area contributed by atoms with Gasteiger partial charge in [0.2, 0.25) is 0 Å². The summed E-state index contributed by atoms with van der Waals surface area (Å²) in [5, 5.41) is 12.9. The molecule has 158 valence electrons. The third kappa shape index (κ3) is 4.01. The molecular formula is C24H24N4O3. The number of nitrogens with one attached hydrogen (secondary N) is 1. The van der Waals surface area contributed by atoms with E-state index in [1.807, 2.05) is 43.3 Å². The summed E-state index contributed by atoms with van der Waals surface area (Å²) in [6.07, 6.45) is 3.79. The van der Waals surface area contributed by atoms with E-state index in [9.17, 15) is 9.59 Å². The van der Waals surface area contributed by atoms with Crippen molar-refractivity contribution in [1.82, 2.24) is 20.4 Å². The summed E-state index contributed by atoms with van der Waals surface area (Å²) in [7, 11) is 0. The maximum atomic E-state index is 13.0. The van der Waals surface area contributed by atoms with Gasteiger partial charge in [-0.3, -0.25) is 9.59 Å². The predicted molar refractivity (Wildman–Crippen MR) is 117 cm³/mol. The van der Waals surface area contributed by atoms with Crippen molar-refractivity contribution in [3.63, 3.8) is 0 Å². The minimum Gasteiger partial charge on any atom is -0.378 e. The Hall–Kier alpha value is -3.32. The van der Waals surface area contributed by atoms with Gasteiger partial charge in [-0.15, -0.1) is 5.10 Å². The van der Waals surface area contributed by atoms with Crippen LogP contribution < -0.4 is 5.32 Å². The SMILES string of the molecule is Cc1ccc(C(=O)NC2CC2)cc1-c1ccc2c(C(=O)N3CCOCC3)nncc2c1. The lowest BCUT2D eigenvalue weighted by Crippen LogP contribution is -2.41. The Morgan fingerprint density at radius 2 is 1.90 bits per heavy atom. The first-order chi connectivity index (χ1) is 15.1. The standard InChI is InChI=1S/C24H24N4O3/c1-15-2-3-17(23(29)26-19-5-6-19)13-21(15)16-4-7-20-18(12-16)14-25-27-22(20)24(30)28-8-10-31-11-9-28/h2-4,7,12-14,19H,5-6,8-11H2,1H3,(H,26,29). The number of morpholine rings is 1. The highest BCUT2D eigenvalue weighted by molar-refractivity contribution is 6.05. The second-order valence-corrected chi connectivity index (χ2v) is 8.18. The molecule has 31 heavy (non-hydrogen) atoms. The van der Waals surface area contributed by atoms with Gasteiger partial charge in [-0.25, -0.2) is 0 Å². The third-order valence-electron chi connectivity index (χ3n) is 5.89. The van der Waals surface area contributed by atoms with Crippen molar-refractivity contribution in [2.24, 2.45) is 0 Å². The summed E-state index contributed by atoms with van der Waals surface area (Å²) in [5.74, 6) is -0.155. The second kappa shape index (κ2) is 8.07. The van der Waals surface area contributed by atoms with Crippen molar-refractivity contribution in [2.75, 3.05) is 26.3 Å². The highest BCUT2D eigenvalue weighted by atomic mass is 16.5. The molecule has 0 unspecified atom stereocenters. The van der Waals surface area contributed by atoms with Gasteiger partial charge in [0.05, 0.1) is 19.4 Å². The normalized spacial score (nSPS) is 16.4. The molecule has 0 bridgehead atoms. The molecule has 2 heterocycles. The molecule has 1 saturated heterocycles. The summed E-state index contributed by atoms with van der Waals surface area (Å²) >= 11 is 0. The van der Waals surface area contributed by atoms with Crippen LogP contribution >= 0.6 is 0 Å². The van der Waals surface area contributed by atoms with Gasteiger partial charge in [-0.1, -0.05) is 18.2 Å². The van der Waals surface area contributed by atoms with Crippen LogP contribution in [0, 0.1) is 6.92 Å². The molecule has 0 radical (unpaired) electrons. The lowest BCUT2D eigenvalue weighted by atomic mass is 9.96. The quantitative estimate of drug-likeness (QED) is 0.707. The Labute approximate surface area is 180 Å². The molecule has 1 aliphatic carbocycles. The smallest absolute Gasteiger partial charge is 0.275 e. The molecule has 2 aromatic carbocycles. The van der Waals surface area contributed by atoms with E-state index in [0.717, 1.165) is 40.3 Å². The number of benzene rings is 2. The molecule has 7 nitrogen and oxygen atoms in total. The van der Waals surface area contributed by atoms with Crippen LogP contribution in [-0.4, -0.2) is 59.3 Å². The summed E-state index contributed by atoms with van der Waals surface area (Å²) in [4.78, 5) is 27.2. The Morgan fingerprint density at radius 1 is 1.10 bits per heavy atom. The summed E-state index contributed by atoms with van der Waals surface area (Å²) in [6, 6.07) is 12.0. The number of hydrogen-bond donors (Lipinski definition) is 1. The van der Waals surface area contributed by atoms with Crippen LogP contribution in [0.3, 0.4) is 0 Å². The molecule has 1 aliphatic heterocycles. The summed E-state index contributed by atoms with van der Waals surface area (Å²) in [5.41, 5.74) is 4.06. The van der Waals surface area contributed by atoms with Crippen LogP contribution in [0.25, 0.3) is 21.9 Å². The van der Waals surface area contributed by atoms with Gasteiger partial charge in [0.1, 0.15) is 0 Å². The molecule has 2 aliphatic rings. The van der Waals surface area contributed by atoms with E-state index in [4.69, 9.17) is 4.74 Å². The molecule has 0 spiro atoms. The fourth-order valence-electron chi connectivity index (χ4n) is 3.90. The Balaban J connectivity index is 1.49. The number of carbonyl (C=O) groups is 2. The second-order valence-electron chi connectivity index (χ2n) is 8.18. The monoisotopic (exact) mass is 416 g/mol. The van der Waals surface area contributed by atoms with Gasteiger partial charge >= 0.3 is 0 Å². The first kappa shape index (κ1) is 19.6. The van der Waals surface area contributed by atoms with Gasteiger partial charge in [0.25, 0.3) is 11.8 Å². The van der Waals surface area contributed by atoms with Gasteiger partial charge in [-0.05, 0) is 54.7 Å². The molecule has 7 heteroatoms. The molecule has 0 atom stereocenters. The van der Waals surface area contributed by atoms with Crippen LogP contribution in [0.2, 0.25) is 0 Å². The molecule has 1 aromatic heterocycles. The minimum absolute atomic E-state index is 0.0335. The van der Waals surface area contributed by atoms with Crippen LogP contribution in [0.1, 0.15) is 39.3 Å². The molecule has 1 saturated carbocycles. The average molecular weight is 416 g/mol. The van der Waals surface area contributed by atoms with Crippen molar-refractivity contribution in [1.29, 1.82) is 0 Å². The van der Waals surface area contributed by atoms with Crippen molar-refractivity contribution >= 4 is 22.6 Å². The van der Waals surface area contributed by atoms with Gasteiger partial charge in [0, 0.05) is 35.5 Å². The lowest BCUT2D eigenvalue weighted by molar-refractivity contribution is 0.0299. The number of ether oxygens (including phenoxy) is 1. The molecule has 2 amide bonds. The lowest BCUT2D eigenvalue weighted by Gasteiger charge is -2.26. The zero-order valence-electron chi connectivity index (χ0n) is 17.4. The van der Waals surface area contributed by atoms with E-state index in [1.54, 1.807) is 11.1 Å². The average Bonchev–Trinajstić information content (AvgIpc) is 3.62. The molecule has 3 aromatic rings. The van der Waals surface area contributed by atoms with E-state index in [1.165, 1.54) is 0 Å². The number of aryl methyl sites for hydroxylation is 1. The zero-order valence-corrected chi connectivity index (χ0v) is 17.4. The number of hydrogen-bond acceptors (Lipinski definition) is 5. The predicted octanol–water partition coefficient (Wildman–Crippen LogP) is 2.97. The highest BCUT2D eigenvalue weighted by Crippen LogP contribution is 2.29. The molecular weight excluding hydrogens is 392 g/mol. The van der Waals surface area contributed by atoms with Crippen LogP contribution in [0.15, 0.2) is 42.6 Å². The van der Waals surface area contributed by atoms with E-state index >= 15 is 0 Å². The van der Waals surface area contributed by atoms with Crippen molar-refractivity contribution in [3.8, 4) is 11.1 Å². The Kier molecular flexibility index (Phi) is 5.11. The first-order valence-corrected chi connectivity index (χ1v) is 10.6. The summed E-state index contributed by atoms with van der Waals surface area (Å²) < 4.78 is 5.34. The topological polar surface area (TPSA) is 84.4 Å². The fraction of sp³-hybridized carbons (Fsp3) is 0.333. The third-order valence-corrected chi connectivity index (χ3v) is 5.89. The van der Waals surface area contributed by atoms with E-state index in [2.05, 4.69) is 15.5 Å². The number of carbonyl (C=O) groups excluding carboxylic acids is 2.